The Morgan fingerprint density at radius 2 is 1.04 bits per heavy atom. The van der Waals surface area contributed by atoms with E-state index in [2.05, 4.69) is 18.2 Å². The van der Waals surface area contributed by atoms with E-state index in [4.69, 9.17) is 8.83 Å². The van der Waals surface area contributed by atoms with E-state index in [0.29, 0.717) is 0 Å². The predicted molar refractivity (Wildman–Crippen MR) is 89.1 cm³/mol. The van der Waals surface area contributed by atoms with E-state index in [1.54, 1.807) is 12.8 Å². The van der Waals surface area contributed by atoms with Crippen molar-refractivity contribution in [2.75, 3.05) is 0 Å². The van der Waals surface area contributed by atoms with Crippen LogP contribution in [0.1, 0.15) is 0 Å². The molecule has 0 atom stereocenters. The normalized spacial score (nSPS) is 11.3. The first-order valence-corrected chi connectivity index (χ1v) is 7.77. The number of benzene rings is 3. The molecule has 0 unspecified atom stereocenters. The zero-order valence-electron chi connectivity index (χ0n) is 12.8. The molecule has 2 aromatic heterocycles. The molecular weight excluding hydrogens is 300 g/mol. The predicted octanol–water partition coefficient (Wildman–Crippen LogP) is 3.73. The van der Waals surface area contributed by atoms with Gasteiger partial charge in [-0.3, -0.25) is 0 Å². The Morgan fingerprint density at radius 1 is 0.542 bits per heavy atom. The third kappa shape index (κ3) is 1.93. The zero-order chi connectivity index (χ0) is 15.9. The summed E-state index contributed by atoms with van der Waals surface area (Å²) >= 11 is 0. The van der Waals surface area contributed by atoms with Crippen LogP contribution in [0.5, 0.6) is 0 Å². The molecule has 0 fully saturated rings. The van der Waals surface area contributed by atoms with Gasteiger partial charge in [0.05, 0.1) is 6.07 Å². The first-order chi connectivity index (χ1) is 11.9. The molecule has 114 valence electrons. The SMILES string of the molecule is c1cc(-[n+]2coc3ccccc32)cc(-[n+]2coc3ccccc32)c1. The quantitative estimate of drug-likeness (QED) is 0.465. The van der Waals surface area contributed by atoms with E-state index in [0.717, 1.165) is 33.6 Å². The monoisotopic (exact) mass is 314 g/mol. The number of para-hydroxylation sites is 4. The second-order valence-corrected chi connectivity index (χ2v) is 5.64. The molecule has 0 saturated heterocycles. The van der Waals surface area contributed by atoms with Crippen LogP contribution in [-0.2, 0) is 0 Å². The molecule has 0 aliphatic heterocycles. The fourth-order valence-corrected chi connectivity index (χ4v) is 3.04. The third-order valence-electron chi connectivity index (χ3n) is 4.21. The van der Waals surface area contributed by atoms with E-state index in [-0.39, 0.29) is 0 Å². The molecule has 4 heteroatoms. The maximum Gasteiger partial charge on any atom is 0.341 e. The number of aromatic nitrogens is 2. The van der Waals surface area contributed by atoms with Gasteiger partial charge >= 0.3 is 12.8 Å². The molecule has 0 amide bonds. The van der Waals surface area contributed by atoms with Crippen LogP contribution in [0.15, 0.2) is 94.4 Å². The van der Waals surface area contributed by atoms with Crippen LogP contribution >= 0.6 is 0 Å². The maximum absolute atomic E-state index is 5.64. The molecule has 0 bridgehead atoms. The van der Waals surface area contributed by atoms with E-state index in [9.17, 15) is 0 Å². The largest absolute Gasteiger partial charge is 0.403 e. The van der Waals surface area contributed by atoms with Gasteiger partial charge in [-0.1, -0.05) is 24.3 Å². The van der Waals surface area contributed by atoms with Crippen molar-refractivity contribution < 1.29 is 18.0 Å². The summed E-state index contributed by atoms with van der Waals surface area (Å²) < 4.78 is 15.4. The number of rotatable bonds is 2. The Labute approximate surface area is 137 Å². The van der Waals surface area contributed by atoms with Crippen LogP contribution in [0.25, 0.3) is 33.6 Å². The lowest BCUT2D eigenvalue weighted by Gasteiger charge is -1.95. The number of oxazole rings is 2. The van der Waals surface area contributed by atoms with Crippen LogP contribution in [0.4, 0.5) is 0 Å². The molecular formula is C20H14N2O2+2. The average molecular weight is 314 g/mol. The molecule has 5 aromatic rings. The van der Waals surface area contributed by atoms with Crippen molar-refractivity contribution in [3.63, 3.8) is 0 Å². The summed E-state index contributed by atoms with van der Waals surface area (Å²) in [5, 5.41) is 0. The highest BCUT2D eigenvalue weighted by Gasteiger charge is 2.20. The lowest BCUT2D eigenvalue weighted by atomic mass is 10.2. The smallest absolute Gasteiger partial charge is 0.341 e. The first kappa shape index (κ1) is 13.1. The van der Waals surface area contributed by atoms with Gasteiger partial charge in [-0.05, 0) is 18.2 Å². The second-order valence-electron chi connectivity index (χ2n) is 5.64. The zero-order valence-corrected chi connectivity index (χ0v) is 12.8. The highest BCUT2D eigenvalue weighted by Crippen LogP contribution is 2.16. The standard InChI is InChI=1S/C20H14N2O2/c1-3-10-19-17(8-1)21(13-23-19)15-6-5-7-16(12-15)22-14-24-20-11-4-2-9-18(20)22/h1-14H/q+2. The minimum Gasteiger partial charge on any atom is -0.403 e. The van der Waals surface area contributed by atoms with Crippen LogP contribution in [0.2, 0.25) is 0 Å². The Balaban J connectivity index is 1.69. The third-order valence-corrected chi connectivity index (χ3v) is 4.21. The number of nitrogens with zero attached hydrogens (tertiary/aromatic N) is 2. The summed E-state index contributed by atoms with van der Waals surface area (Å²) in [6, 6.07) is 24.3. The molecule has 3 aromatic carbocycles. The molecule has 0 saturated carbocycles. The van der Waals surface area contributed by atoms with Gasteiger partial charge in [-0.2, -0.15) is 0 Å². The lowest BCUT2D eigenvalue weighted by molar-refractivity contribution is -0.581. The van der Waals surface area contributed by atoms with Crippen LogP contribution in [-0.4, -0.2) is 0 Å². The Morgan fingerprint density at radius 3 is 1.58 bits per heavy atom. The molecule has 4 nitrogen and oxygen atoms in total. The van der Waals surface area contributed by atoms with E-state index < -0.39 is 0 Å². The molecule has 0 N–H and O–H groups in total. The van der Waals surface area contributed by atoms with E-state index in [1.807, 2.05) is 63.7 Å². The van der Waals surface area contributed by atoms with Crippen molar-refractivity contribution in [1.29, 1.82) is 0 Å². The van der Waals surface area contributed by atoms with Gasteiger partial charge in [0.1, 0.15) is 0 Å². The van der Waals surface area contributed by atoms with Gasteiger partial charge in [-0.15, -0.1) is 9.13 Å². The number of hydrogen-bond donors (Lipinski definition) is 0. The second kappa shape index (κ2) is 5.06. The highest BCUT2D eigenvalue weighted by molar-refractivity contribution is 5.69. The van der Waals surface area contributed by atoms with Crippen molar-refractivity contribution in [2.45, 2.75) is 0 Å². The van der Waals surface area contributed by atoms with Gasteiger partial charge in [-0.25, -0.2) is 0 Å². The average Bonchev–Trinajstić information content (AvgIpc) is 3.26. The summed E-state index contributed by atoms with van der Waals surface area (Å²) in [6.45, 7) is 0. The fourth-order valence-electron chi connectivity index (χ4n) is 3.04. The lowest BCUT2D eigenvalue weighted by Crippen LogP contribution is -2.32. The van der Waals surface area contributed by atoms with Gasteiger partial charge in [0, 0.05) is 24.3 Å². The Hall–Kier alpha value is -3.40. The van der Waals surface area contributed by atoms with E-state index in [1.165, 1.54) is 0 Å². The van der Waals surface area contributed by atoms with Crippen LogP contribution in [0, 0.1) is 0 Å². The summed E-state index contributed by atoms with van der Waals surface area (Å²) in [7, 11) is 0. The molecule has 5 rings (SSSR count). The molecule has 0 aliphatic rings. The topological polar surface area (TPSA) is 34.0 Å². The van der Waals surface area contributed by atoms with Crippen molar-refractivity contribution in [1.82, 2.24) is 0 Å². The summed E-state index contributed by atoms with van der Waals surface area (Å²) in [5.41, 5.74) is 5.88. The molecule has 2 heterocycles. The number of fused-ring (bicyclic) bond motifs is 2. The van der Waals surface area contributed by atoms with Crippen molar-refractivity contribution >= 4 is 22.2 Å². The van der Waals surface area contributed by atoms with Gasteiger partial charge < -0.3 is 8.83 Å². The summed E-state index contributed by atoms with van der Waals surface area (Å²) in [6.07, 6.45) is 3.48. The van der Waals surface area contributed by atoms with Crippen molar-refractivity contribution in [2.24, 2.45) is 0 Å². The van der Waals surface area contributed by atoms with Crippen molar-refractivity contribution in [3.05, 3.63) is 85.6 Å². The highest BCUT2D eigenvalue weighted by atomic mass is 16.3. The number of hydrogen-bond acceptors (Lipinski definition) is 2. The molecule has 24 heavy (non-hydrogen) atoms. The van der Waals surface area contributed by atoms with Gasteiger partial charge in [0.2, 0.25) is 22.5 Å². The van der Waals surface area contributed by atoms with Crippen LogP contribution in [0.3, 0.4) is 0 Å². The van der Waals surface area contributed by atoms with Crippen molar-refractivity contribution in [3.8, 4) is 11.4 Å². The minimum atomic E-state index is 0.865. The van der Waals surface area contributed by atoms with Crippen LogP contribution < -0.4 is 9.13 Å². The fraction of sp³-hybridized carbons (Fsp3) is 0. The first-order valence-electron chi connectivity index (χ1n) is 7.77. The molecule has 0 spiro atoms. The molecule has 0 radical (unpaired) electrons. The molecule has 0 aliphatic carbocycles. The summed E-state index contributed by atoms with van der Waals surface area (Å²) in [4.78, 5) is 0. The summed E-state index contributed by atoms with van der Waals surface area (Å²) in [5.74, 6) is 0. The Kier molecular flexibility index (Phi) is 2.76. The van der Waals surface area contributed by atoms with Gasteiger partial charge in [0.15, 0.2) is 0 Å². The van der Waals surface area contributed by atoms with E-state index >= 15 is 0 Å². The maximum atomic E-state index is 5.64. The Bertz CT molecular complexity index is 1080. The minimum absolute atomic E-state index is 0.865. The van der Waals surface area contributed by atoms with Gasteiger partial charge in [0.25, 0.3) is 11.0 Å².